The number of fused-ring (bicyclic) bond motifs is 1. The van der Waals surface area contributed by atoms with E-state index in [0.29, 0.717) is 5.75 Å². The number of hydrogen-bond donors (Lipinski definition) is 1. The van der Waals surface area contributed by atoms with Crippen LogP contribution in [0.25, 0.3) is 5.57 Å². The molecule has 2 aromatic carbocycles. The van der Waals surface area contributed by atoms with Crippen molar-refractivity contribution in [1.29, 1.82) is 0 Å². The average Bonchev–Trinajstić information content (AvgIpc) is 2.68. The molecule has 0 amide bonds. The summed E-state index contributed by atoms with van der Waals surface area (Å²) in [5.41, 5.74) is 4.05. The Labute approximate surface area is 172 Å². The van der Waals surface area contributed by atoms with Crippen molar-refractivity contribution in [2.75, 3.05) is 13.3 Å². The van der Waals surface area contributed by atoms with Crippen LogP contribution in [0.5, 0.6) is 5.75 Å². The van der Waals surface area contributed by atoms with Crippen molar-refractivity contribution in [2.45, 2.75) is 49.3 Å². The molecule has 1 N–H and O–H groups in total. The molecule has 5 nitrogen and oxygen atoms in total. The summed E-state index contributed by atoms with van der Waals surface area (Å²) in [4.78, 5) is 2.39. The Bertz CT molecular complexity index is 1040. The summed E-state index contributed by atoms with van der Waals surface area (Å²) in [5.74, 6) is 0.690. The third-order valence-corrected chi connectivity index (χ3v) is 6.79. The summed E-state index contributed by atoms with van der Waals surface area (Å²) in [6.07, 6.45) is 6.12. The number of aliphatic hydroxyl groups excluding tert-OH is 1. The summed E-state index contributed by atoms with van der Waals surface area (Å²) in [6.45, 7) is 0.808. The number of ether oxygens (including phenoxy) is 1. The SMILES string of the molecule is CN1C=C(c2cc(S(C)(=O)=O)ccc2OC2CCC(O)CC2)c2ccccc2C1. The second-order valence-electron chi connectivity index (χ2n) is 8.09. The van der Waals surface area contributed by atoms with Gasteiger partial charge in [0.1, 0.15) is 5.75 Å². The molecule has 154 valence electrons. The van der Waals surface area contributed by atoms with Crippen LogP contribution in [0.2, 0.25) is 0 Å². The van der Waals surface area contributed by atoms with Crippen LogP contribution in [0.1, 0.15) is 42.4 Å². The van der Waals surface area contributed by atoms with Gasteiger partial charge >= 0.3 is 0 Å². The van der Waals surface area contributed by atoms with Crippen LogP contribution in [0.15, 0.2) is 53.6 Å². The highest BCUT2D eigenvalue weighted by Crippen LogP contribution is 2.38. The minimum atomic E-state index is -3.34. The van der Waals surface area contributed by atoms with E-state index in [0.717, 1.165) is 48.9 Å². The largest absolute Gasteiger partial charge is 0.490 e. The Hall–Kier alpha value is -2.31. The third-order valence-electron chi connectivity index (χ3n) is 5.68. The van der Waals surface area contributed by atoms with E-state index in [2.05, 4.69) is 23.2 Å². The van der Waals surface area contributed by atoms with Gasteiger partial charge in [0.2, 0.25) is 0 Å². The number of rotatable bonds is 4. The standard InChI is InChI=1S/C23H27NO4S/c1-24-14-16-5-3-4-6-20(16)22(15-24)21-13-19(29(2,26)27)11-12-23(21)28-18-9-7-17(25)8-10-18/h3-6,11-13,15,17-18,25H,7-10,14H2,1-2H3. The molecule has 1 heterocycles. The number of nitrogens with zero attached hydrogens (tertiary/aromatic N) is 1. The zero-order valence-electron chi connectivity index (χ0n) is 16.8. The van der Waals surface area contributed by atoms with Gasteiger partial charge < -0.3 is 14.7 Å². The van der Waals surface area contributed by atoms with Crippen molar-refractivity contribution >= 4 is 15.4 Å². The minimum Gasteiger partial charge on any atom is -0.490 e. The first kappa shape index (κ1) is 20.0. The first-order chi connectivity index (χ1) is 13.8. The quantitative estimate of drug-likeness (QED) is 0.829. The van der Waals surface area contributed by atoms with E-state index < -0.39 is 9.84 Å². The molecule has 0 bridgehead atoms. The van der Waals surface area contributed by atoms with E-state index in [1.165, 1.54) is 11.8 Å². The summed E-state index contributed by atoms with van der Waals surface area (Å²) >= 11 is 0. The third kappa shape index (κ3) is 4.33. The Kier molecular flexibility index (Phi) is 5.40. The summed E-state index contributed by atoms with van der Waals surface area (Å²) in [7, 11) is -1.33. The van der Waals surface area contributed by atoms with Crippen molar-refractivity contribution in [3.05, 3.63) is 65.4 Å². The topological polar surface area (TPSA) is 66.8 Å². The number of aliphatic hydroxyl groups is 1. The van der Waals surface area contributed by atoms with Crippen molar-refractivity contribution in [2.24, 2.45) is 0 Å². The van der Waals surface area contributed by atoms with Crippen LogP contribution < -0.4 is 4.74 Å². The molecule has 1 aliphatic heterocycles. The fourth-order valence-electron chi connectivity index (χ4n) is 4.14. The Balaban J connectivity index is 1.79. The van der Waals surface area contributed by atoms with Crippen molar-refractivity contribution in [3.8, 4) is 5.75 Å². The maximum Gasteiger partial charge on any atom is 0.175 e. The van der Waals surface area contributed by atoms with Gasteiger partial charge in [0, 0.05) is 37.2 Å². The fraction of sp³-hybridized carbons (Fsp3) is 0.391. The van der Waals surface area contributed by atoms with E-state index >= 15 is 0 Å². The van der Waals surface area contributed by atoms with E-state index in [4.69, 9.17) is 4.74 Å². The van der Waals surface area contributed by atoms with Crippen LogP contribution in [-0.4, -0.2) is 43.9 Å². The molecular formula is C23H27NO4S. The van der Waals surface area contributed by atoms with Crippen molar-refractivity contribution in [1.82, 2.24) is 4.90 Å². The van der Waals surface area contributed by atoms with Crippen LogP contribution in [-0.2, 0) is 16.4 Å². The average molecular weight is 414 g/mol. The molecule has 4 rings (SSSR count). The molecule has 1 fully saturated rings. The molecule has 2 aromatic rings. The molecule has 0 radical (unpaired) electrons. The predicted octanol–water partition coefficient (Wildman–Crippen LogP) is 3.61. The fourth-order valence-corrected chi connectivity index (χ4v) is 4.78. The van der Waals surface area contributed by atoms with Gasteiger partial charge in [-0.1, -0.05) is 24.3 Å². The van der Waals surface area contributed by atoms with Crippen LogP contribution in [0.3, 0.4) is 0 Å². The second kappa shape index (κ2) is 7.84. The highest BCUT2D eigenvalue weighted by Gasteiger charge is 2.25. The van der Waals surface area contributed by atoms with Gasteiger partial charge in [-0.05, 0) is 55.0 Å². The molecule has 0 spiro atoms. The molecule has 1 aliphatic carbocycles. The van der Waals surface area contributed by atoms with Gasteiger partial charge in [-0.15, -0.1) is 0 Å². The Morgan fingerprint density at radius 2 is 1.76 bits per heavy atom. The predicted molar refractivity (Wildman–Crippen MR) is 113 cm³/mol. The van der Waals surface area contributed by atoms with Gasteiger partial charge in [0.25, 0.3) is 0 Å². The van der Waals surface area contributed by atoms with Gasteiger partial charge in [0.15, 0.2) is 9.84 Å². The molecule has 2 aliphatic rings. The molecule has 6 heteroatoms. The van der Waals surface area contributed by atoms with Crippen LogP contribution >= 0.6 is 0 Å². The highest BCUT2D eigenvalue weighted by molar-refractivity contribution is 7.90. The maximum absolute atomic E-state index is 12.2. The normalized spacial score (nSPS) is 22.0. The van der Waals surface area contributed by atoms with E-state index in [1.807, 2.05) is 19.2 Å². The van der Waals surface area contributed by atoms with Gasteiger partial charge in [-0.25, -0.2) is 8.42 Å². The van der Waals surface area contributed by atoms with E-state index in [1.54, 1.807) is 18.2 Å². The lowest BCUT2D eigenvalue weighted by atomic mass is 9.91. The molecule has 0 saturated heterocycles. The summed E-state index contributed by atoms with van der Waals surface area (Å²) in [5, 5.41) is 9.78. The van der Waals surface area contributed by atoms with E-state index in [9.17, 15) is 13.5 Å². The van der Waals surface area contributed by atoms with Gasteiger partial charge in [0.05, 0.1) is 17.1 Å². The molecule has 29 heavy (non-hydrogen) atoms. The van der Waals surface area contributed by atoms with E-state index in [-0.39, 0.29) is 17.1 Å². The summed E-state index contributed by atoms with van der Waals surface area (Å²) < 4.78 is 30.8. The van der Waals surface area contributed by atoms with Crippen LogP contribution in [0.4, 0.5) is 0 Å². The monoisotopic (exact) mass is 413 g/mol. The molecule has 1 saturated carbocycles. The lowest BCUT2D eigenvalue weighted by Gasteiger charge is -2.29. The lowest BCUT2D eigenvalue weighted by Crippen LogP contribution is -2.27. The first-order valence-electron chi connectivity index (χ1n) is 10.0. The summed E-state index contributed by atoms with van der Waals surface area (Å²) in [6, 6.07) is 13.3. The number of sulfone groups is 1. The zero-order valence-corrected chi connectivity index (χ0v) is 17.7. The Morgan fingerprint density at radius 3 is 2.48 bits per heavy atom. The zero-order chi connectivity index (χ0) is 20.6. The second-order valence-corrected chi connectivity index (χ2v) is 10.1. The van der Waals surface area contributed by atoms with Crippen molar-refractivity contribution in [3.63, 3.8) is 0 Å². The van der Waals surface area contributed by atoms with Gasteiger partial charge in [-0.3, -0.25) is 0 Å². The van der Waals surface area contributed by atoms with Gasteiger partial charge in [-0.2, -0.15) is 0 Å². The Morgan fingerprint density at radius 1 is 1.03 bits per heavy atom. The minimum absolute atomic E-state index is 0.0263. The lowest BCUT2D eigenvalue weighted by molar-refractivity contribution is 0.0664. The molecule has 0 unspecified atom stereocenters. The van der Waals surface area contributed by atoms with Crippen molar-refractivity contribution < 1.29 is 18.3 Å². The number of hydrogen-bond acceptors (Lipinski definition) is 5. The smallest absolute Gasteiger partial charge is 0.175 e. The molecular weight excluding hydrogens is 386 g/mol. The maximum atomic E-state index is 12.2. The van der Waals surface area contributed by atoms with Crippen LogP contribution in [0, 0.1) is 0 Å². The molecule has 0 aromatic heterocycles. The first-order valence-corrected chi connectivity index (χ1v) is 11.9. The highest BCUT2D eigenvalue weighted by atomic mass is 32.2. The molecule has 0 atom stereocenters. The number of benzene rings is 2.